The fourth-order valence-electron chi connectivity index (χ4n) is 5.51. The van der Waals surface area contributed by atoms with Gasteiger partial charge in [0.15, 0.2) is 11.5 Å². The molecule has 38 heavy (non-hydrogen) atoms. The molecule has 1 saturated heterocycles. The molecule has 2 atom stereocenters. The third kappa shape index (κ3) is 5.43. The highest BCUT2D eigenvalue weighted by Crippen LogP contribution is 2.32. The molecule has 1 unspecified atom stereocenters. The van der Waals surface area contributed by atoms with Gasteiger partial charge >= 0.3 is 0 Å². The number of carbonyl (C=O) groups excluding carboxylic acids is 1. The van der Waals surface area contributed by atoms with Gasteiger partial charge in [-0.15, -0.1) is 0 Å². The van der Waals surface area contributed by atoms with E-state index >= 15 is 0 Å². The Morgan fingerprint density at radius 2 is 2.05 bits per heavy atom. The Morgan fingerprint density at radius 1 is 1.21 bits per heavy atom. The molecule has 0 spiro atoms. The molecule has 0 aliphatic carbocycles. The first-order chi connectivity index (χ1) is 18.6. The standard InChI is InChI=1S/C29H36N6O3/c1-3-7-21(16-36)14-34(20(2)37)15-22-11-12-26(25-10-5-4-9-24(22)25)38-17-23-8-6-13-35(23)29-27-28(31-18-30-27)32-19-33-29/h4-5,9-12,18-19,21,23,36H,3,6-8,13-17H2,1-2H3,(H,30,31,32,33)/t21?,23-/m1/s1. The molecule has 2 N–H and O–H groups in total. The van der Waals surface area contributed by atoms with Gasteiger partial charge in [-0.2, -0.15) is 0 Å². The number of nitrogens with one attached hydrogen (secondary N) is 1. The molecule has 1 aliphatic heterocycles. The number of aliphatic hydroxyl groups is 1. The number of aliphatic hydroxyl groups excluding tert-OH is 1. The highest BCUT2D eigenvalue weighted by atomic mass is 16.5. The zero-order valence-electron chi connectivity index (χ0n) is 22.1. The van der Waals surface area contributed by atoms with Crippen LogP contribution in [0, 0.1) is 5.92 Å². The maximum Gasteiger partial charge on any atom is 0.219 e. The summed E-state index contributed by atoms with van der Waals surface area (Å²) in [4.78, 5) is 32.8. The molecule has 2 aromatic heterocycles. The van der Waals surface area contributed by atoms with E-state index in [-0.39, 0.29) is 24.5 Å². The summed E-state index contributed by atoms with van der Waals surface area (Å²) in [6, 6.07) is 12.5. The Balaban J connectivity index is 1.34. The second kappa shape index (κ2) is 11.8. The summed E-state index contributed by atoms with van der Waals surface area (Å²) in [5, 5.41) is 11.9. The van der Waals surface area contributed by atoms with Crippen LogP contribution in [0.3, 0.4) is 0 Å². The molecule has 2 aromatic carbocycles. The van der Waals surface area contributed by atoms with E-state index in [1.54, 1.807) is 19.6 Å². The molecule has 0 saturated carbocycles. The lowest BCUT2D eigenvalue weighted by atomic mass is 10.0. The second-order valence-electron chi connectivity index (χ2n) is 10.1. The predicted octanol–water partition coefficient (Wildman–Crippen LogP) is 4.31. The Bertz CT molecular complexity index is 1390. The number of nitrogens with zero attached hydrogens (tertiary/aromatic N) is 5. The first kappa shape index (κ1) is 25.9. The lowest BCUT2D eigenvalue weighted by Crippen LogP contribution is -2.35. The fraction of sp³-hybridized carbons (Fsp3) is 0.448. The van der Waals surface area contributed by atoms with Gasteiger partial charge in [-0.1, -0.05) is 43.7 Å². The SMILES string of the molecule is CCCC(CO)CN(Cc1ccc(OC[C@H]2CCCN2c2ncnc3nc[nH]c23)c2ccccc12)C(C)=O. The van der Waals surface area contributed by atoms with E-state index in [1.807, 2.05) is 23.1 Å². The van der Waals surface area contributed by atoms with Gasteiger partial charge in [-0.05, 0) is 42.2 Å². The summed E-state index contributed by atoms with van der Waals surface area (Å²) in [7, 11) is 0. The van der Waals surface area contributed by atoms with Crippen molar-refractivity contribution in [2.75, 3.05) is 31.2 Å². The molecule has 0 radical (unpaired) electrons. The van der Waals surface area contributed by atoms with Crippen LogP contribution in [0.2, 0.25) is 0 Å². The number of imidazole rings is 1. The van der Waals surface area contributed by atoms with Crippen LogP contribution < -0.4 is 9.64 Å². The van der Waals surface area contributed by atoms with Crippen molar-refractivity contribution in [2.24, 2.45) is 5.92 Å². The van der Waals surface area contributed by atoms with E-state index in [9.17, 15) is 9.90 Å². The maximum absolute atomic E-state index is 12.5. The number of fused-ring (bicyclic) bond motifs is 2. The number of anilines is 1. The van der Waals surface area contributed by atoms with Crippen LogP contribution in [0.1, 0.15) is 45.1 Å². The van der Waals surface area contributed by atoms with E-state index in [0.29, 0.717) is 25.3 Å². The van der Waals surface area contributed by atoms with Crippen LogP contribution >= 0.6 is 0 Å². The fourth-order valence-corrected chi connectivity index (χ4v) is 5.51. The van der Waals surface area contributed by atoms with Crippen molar-refractivity contribution in [3.8, 4) is 5.75 Å². The molecule has 9 nitrogen and oxygen atoms in total. The van der Waals surface area contributed by atoms with Crippen LogP contribution in [0.5, 0.6) is 5.75 Å². The smallest absolute Gasteiger partial charge is 0.219 e. The minimum atomic E-state index is 0.0152. The van der Waals surface area contributed by atoms with Gasteiger partial charge in [0.05, 0.1) is 12.4 Å². The average molecular weight is 517 g/mol. The third-order valence-electron chi connectivity index (χ3n) is 7.50. The zero-order chi connectivity index (χ0) is 26.5. The highest BCUT2D eigenvalue weighted by Gasteiger charge is 2.28. The van der Waals surface area contributed by atoms with Crippen LogP contribution in [-0.4, -0.2) is 68.2 Å². The van der Waals surface area contributed by atoms with Crippen LogP contribution in [-0.2, 0) is 11.3 Å². The molecule has 1 fully saturated rings. The van der Waals surface area contributed by atoms with Crippen molar-refractivity contribution in [3.63, 3.8) is 0 Å². The first-order valence-electron chi connectivity index (χ1n) is 13.5. The topological polar surface area (TPSA) is 107 Å². The zero-order valence-corrected chi connectivity index (χ0v) is 22.1. The highest BCUT2D eigenvalue weighted by molar-refractivity contribution is 5.91. The Labute approximate surface area is 222 Å². The molecule has 4 aromatic rings. The summed E-state index contributed by atoms with van der Waals surface area (Å²) in [6.45, 7) is 6.29. The maximum atomic E-state index is 12.5. The monoisotopic (exact) mass is 516 g/mol. The number of amides is 1. The van der Waals surface area contributed by atoms with Crippen LogP contribution in [0.4, 0.5) is 5.82 Å². The summed E-state index contributed by atoms with van der Waals surface area (Å²) in [5.74, 6) is 1.80. The molecular weight excluding hydrogens is 480 g/mol. The number of aromatic amines is 1. The number of ether oxygens (including phenoxy) is 1. The third-order valence-corrected chi connectivity index (χ3v) is 7.50. The summed E-state index contributed by atoms with van der Waals surface area (Å²) >= 11 is 0. The van der Waals surface area contributed by atoms with Gasteiger partial charge in [0.1, 0.15) is 24.2 Å². The number of aromatic nitrogens is 4. The number of carbonyl (C=O) groups is 1. The van der Waals surface area contributed by atoms with Gasteiger partial charge in [0.25, 0.3) is 0 Å². The normalized spacial score (nSPS) is 16.3. The molecule has 1 amide bonds. The summed E-state index contributed by atoms with van der Waals surface area (Å²) in [6.07, 6.45) is 7.19. The predicted molar refractivity (Wildman–Crippen MR) is 148 cm³/mol. The number of rotatable bonds is 11. The van der Waals surface area contributed by atoms with E-state index in [0.717, 1.165) is 65.6 Å². The van der Waals surface area contributed by atoms with Crippen molar-refractivity contribution in [2.45, 2.75) is 52.1 Å². The van der Waals surface area contributed by atoms with Gasteiger partial charge in [0.2, 0.25) is 5.91 Å². The van der Waals surface area contributed by atoms with Crippen LogP contribution in [0.25, 0.3) is 21.9 Å². The van der Waals surface area contributed by atoms with Crippen molar-refractivity contribution >= 4 is 33.7 Å². The van der Waals surface area contributed by atoms with Gasteiger partial charge in [0, 0.05) is 38.6 Å². The Kier molecular flexibility index (Phi) is 8.03. The number of hydrogen-bond donors (Lipinski definition) is 2. The molecular formula is C29H36N6O3. The van der Waals surface area contributed by atoms with E-state index < -0.39 is 0 Å². The van der Waals surface area contributed by atoms with Gasteiger partial charge in [-0.3, -0.25) is 4.79 Å². The minimum Gasteiger partial charge on any atom is -0.491 e. The van der Waals surface area contributed by atoms with Crippen molar-refractivity contribution in [1.29, 1.82) is 0 Å². The number of H-pyrrole nitrogens is 1. The second-order valence-corrected chi connectivity index (χ2v) is 10.1. The molecule has 200 valence electrons. The number of hydrogen-bond acceptors (Lipinski definition) is 7. The van der Waals surface area contributed by atoms with Crippen molar-refractivity contribution in [1.82, 2.24) is 24.8 Å². The first-order valence-corrected chi connectivity index (χ1v) is 13.5. The van der Waals surface area contributed by atoms with E-state index in [1.165, 1.54) is 0 Å². The molecule has 0 bridgehead atoms. The van der Waals surface area contributed by atoms with E-state index in [2.05, 4.69) is 50.0 Å². The quantitative estimate of drug-likeness (QED) is 0.306. The van der Waals surface area contributed by atoms with Crippen molar-refractivity contribution < 1.29 is 14.6 Å². The van der Waals surface area contributed by atoms with E-state index in [4.69, 9.17) is 4.74 Å². The minimum absolute atomic E-state index is 0.0152. The van der Waals surface area contributed by atoms with Crippen molar-refractivity contribution in [3.05, 3.63) is 54.6 Å². The van der Waals surface area contributed by atoms with Gasteiger partial charge in [-0.25, -0.2) is 15.0 Å². The molecule has 9 heteroatoms. The lowest BCUT2D eigenvalue weighted by molar-refractivity contribution is -0.130. The summed E-state index contributed by atoms with van der Waals surface area (Å²) in [5.41, 5.74) is 2.59. The Morgan fingerprint density at radius 3 is 2.84 bits per heavy atom. The Hall–Kier alpha value is -3.72. The molecule has 1 aliphatic rings. The summed E-state index contributed by atoms with van der Waals surface area (Å²) < 4.78 is 6.45. The largest absolute Gasteiger partial charge is 0.491 e. The molecule has 5 rings (SSSR count). The number of benzene rings is 2. The van der Waals surface area contributed by atoms with Crippen LogP contribution in [0.15, 0.2) is 49.1 Å². The lowest BCUT2D eigenvalue weighted by Gasteiger charge is -2.27. The van der Waals surface area contributed by atoms with Gasteiger partial charge < -0.3 is 24.6 Å². The average Bonchev–Trinajstić information content (AvgIpc) is 3.61. The molecule has 3 heterocycles.